The number of aliphatic carboxylic acids is 3. The van der Waals surface area contributed by atoms with E-state index in [9.17, 15) is 68.1 Å². The number of aliphatic hydroxyl groups excluding tert-OH is 1. The second kappa shape index (κ2) is 47.9. The van der Waals surface area contributed by atoms with E-state index in [4.69, 9.17) is 38.6 Å². The highest BCUT2D eigenvalue weighted by Gasteiger charge is 2.40. The summed E-state index contributed by atoms with van der Waals surface area (Å²) in [7, 11) is 3.14. The van der Waals surface area contributed by atoms with E-state index in [1.54, 1.807) is 22.7 Å². The van der Waals surface area contributed by atoms with Gasteiger partial charge < -0.3 is 87.0 Å². The lowest BCUT2D eigenvalue weighted by Crippen LogP contribution is -2.52. The number of nitrogens with one attached hydrogen (secondary N) is 7. The van der Waals surface area contributed by atoms with E-state index in [-0.39, 0.29) is 118 Å². The molecule has 3 aromatic carbocycles. The second-order valence-corrected chi connectivity index (χ2v) is 33.2. The van der Waals surface area contributed by atoms with E-state index >= 15 is 0 Å². The Balaban J connectivity index is 0.826. The van der Waals surface area contributed by atoms with Crippen LogP contribution in [-0.4, -0.2) is 210 Å². The summed E-state index contributed by atoms with van der Waals surface area (Å²) < 4.78 is 23.2. The maximum atomic E-state index is 14.5. The molecule has 12 atom stereocenters. The lowest BCUT2D eigenvalue weighted by Gasteiger charge is -2.38. The number of carboxylic acids is 3. The number of carboxylic acid groups (broad SMARTS) is 3. The van der Waals surface area contributed by atoms with Crippen LogP contribution in [0.5, 0.6) is 0 Å². The van der Waals surface area contributed by atoms with Gasteiger partial charge in [-0.05, 0) is 129 Å². The molecule has 3 heterocycles. The Morgan fingerprint density at radius 3 is 2.27 bits per heavy atom. The van der Waals surface area contributed by atoms with Crippen LogP contribution in [0.2, 0.25) is 0 Å². The monoisotopic (exact) mass is 1710 g/mol. The zero-order valence-corrected chi connectivity index (χ0v) is 70.2. The van der Waals surface area contributed by atoms with Crippen molar-refractivity contribution in [3.63, 3.8) is 0 Å². The number of hydrogen-bond acceptors (Lipinski definition) is 23. The second-order valence-electron chi connectivity index (χ2n) is 28.1. The van der Waals surface area contributed by atoms with Gasteiger partial charge in [0.25, 0.3) is 17.7 Å². The van der Waals surface area contributed by atoms with Gasteiger partial charge in [0.05, 0.1) is 48.8 Å². The minimum atomic E-state index is -1.91. The van der Waals surface area contributed by atoms with Crippen molar-refractivity contribution in [2.75, 3.05) is 63.6 Å². The van der Waals surface area contributed by atoms with Crippen LogP contribution in [-0.2, 0) is 69.1 Å². The Labute approximate surface area is 691 Å². The number of ether oxygens (including phenoxy) is 1. The Kier molecular flexibility index (Phi) is 38.2. The average molecular weight is 1710 g/mol. The largest absolute Gasteiger partial charge is 0.481 e. The molecule has 1 fully saturated rings. The van der Waals surface area contributed by atoms with E-state index < -0.39 is 124 Å². The number of nitrogen functional groups attached to an aromatic ring is 1. The van der Waals surface area contributed by atoms with Crippen molar-refractivity contribution >= 4 is 137 Å². The molecule has 0 saturated carbocycles. The Morgan fingerprint density at radius 1 is 0.803 bits per heavy atom. The fourth-order valence-electron chi connectivity index (χ4n) is 14.1. The van der Waals surface area contributed by atoms with Crippen LogP contribution in [0.15, 0.2) is 101 Å². The number of benzene rings is 3. The molecular formula is C79H102N13O20P3S2. The van der Waals surface area contributed by atoms with Gasteiger partial charge in [-0.1, -0.05) is 101 Å². The maximum Gasteiger partial charge on any atom is 0.326 e. The van der Waals surface area contributed by atoms with Gasteiger partial charge >= 0.3 is 17.9 Å². The molecule has 0 radical (unpaired) electrons. The average Bonchev–Trinajstić information content (AvgIpc) is 1.45. The molecule has 8 amide bonds. The van der Waals surface area contributed by atoms with Crippen molar-refractivity contribution in [2.24, 2.45) is 10.9 Å². The van der Waals surface area contributed by atoms with E-state index in [0.717, 1.165) is 36.1 Å². The van der Waals surface area contributed by atoms with Gasteiger partial charge in [-0.2, -0.15) is 0 Å². The number of aromatic nitrogens is 3. The van der Waals surface area contributed by atoms with Crippen molar-refractivity contribution in [2.45, 2.75) is 173 Å². The molecule has 33 nitrogen and oxygen atoms in total. The summed E-state index contributed by atoms with van der Waals surface area (Å²) in [6, 6.07) is 13.3. The first-order valence-corrected chi connectivity index (χ1v) is 43.4. The fourth-order valence-corrected chi connectivity index (χ4v) is 17.5. The topological polar surface area (TPSA) is 482 Å². The Morgan fingerprint density at radius 2 is 1.53 bits per heavy atom. The van der Waals surface area contributed by atoms with Crippen LogP contribution < -0.4 is 43.0 Å². The molecule has 8 rings (SSSR count). The lowest BCUT2D eigenvalue weighted by molar-refractivity contribution is -0.148. The first kappa shape index (κ1) is 93.2. The van der Waals surface area contributed by atoms with Crippen LogP contribution in [0, 0.1) is 24.7 Å². The molecule has 0 spiro atoms. The Hall–Kier alpha value is -9.29. The number of aliphatic imine (C=N–C) groups is 1. The first-order chi connectivity index (χ1) is 56.3. The van der Waals surface area contributed by atoms with Crippen LogP contribution >= 0.6 is 48.7 Å². The Bertz CT molecular complexity index is 4520. The third-order valence-corrected chi connectivity index (χ3v) is 23.9. The zero-order valence-electron chi connectivity index (χ0n) is 65.6. The number of unbranched alkanes of at least 4 members (excludes halogenated alkanes) is 1. The highest BCUT2D eigenvalue weighted by molar-refractivity contribution is 8.76. The normalized spacial score (nSPS) is 17.7. The maximum absolute atomic E-state index is 14.5. The quantitative estimate of drug-likeness (QED) is 0.00610. The predicted molar refractivity (Wildman–Crippen MR) is 448 cm³/mol. The van der Waals surface area contributed by atoms with Gasteiger partial charge in [0.15, 0.2) is 27.1 Å². The molecule has 10 unspecified atom stereocenters. The molecule has 630 valence electrons. The highest BCUT2D eigenvalue weighted by Crippen LogP contribution is 2.48. The summed E-state index contributed by atoms with van der Waals surface area (Å²) >= 11 is 0. The smallest absolute Gasteiger partial charge is 0.326 e. The van der Waals surface area contributed by atoms with Crippen LogP contribution in [0.3, 0.4) is 0 Å². The molecule has 5 aromatic rings. The van der Waals surface area contributed by atoms with Gasteiger partial charge in [-0.3, -0.25) is 61.6 Å². The third-order valence-electron chi connectivity index (χ3n) is 19.8. The number of carbonyl (C=O) groups is 11. The number of hydrogen-bond donors (Lipinski definition) is 13. The van der Waals surface area contributed by atoms with Crippen molar-refractivity contribution < 1.29 is 95.9 Å². The SMILES string of the molecule is CCCc1cc2c(cc1C)C(c1ccccc1C(=O)N(C)CCCC(=O)NCCNC(=O)c1cccc(C(=O)NC(CCCSSCCC(=O)NCC#Cc3cn([C@H]4CC(O)[C@@H](COPOPOPO)O4)c4ncnc(N)c34)C(CCCCC(=O)NC(CC(=O)O)C(=O)NC(CC(=O)O)C(=O)O)NC=O)c1)C1C=C(C)C(=NCC)C=C1C2. The van der Waals surface area contributed by atoms with E-state index in [0.29, 0.717) is 72.4 Å². The molecule has 14 N–H and O–H groups in total. The number of aliphatic hydroxyl groups is 1. The number of fused-ring (bicyclic) bond motifs is 3. The fraction of sp³-hybridized carbons (Fsp3) is 0.468. The first-order valence-electron chi connectivity index (χ1n) is 38.4. The van der Waals surface area contributed by atoms with Crippen molar-refractivity contribution in [1.29, 1.82) is 0 Å². The van der Waals surface area contributed by atoms with Crippen LogP contribution in [0.1, 0.15) is 181 Å². The van der Waals surface area contributed by atoms with Crippen molar-refractivity contribution in [1.82, 2.24) is 56.7 Å². The standard InChI is InChI=1S/C79H102N13O20P3S2/c1-6-16-48-35-52-37-53-38-60(81-7-2)47(4)34-57(53)72(56(52)33-46(48)3)54-20-8-9-21-55(54)78(105)91(5)30-14-25-65(95)83-28-29-84-75(102)49-17-12-18-50(36-49)76(103)89-59(58(87-45-93)22-10-11-24-67(97)88-61(39-69(98)99)77(104)90-62(79(106)107)40-70(100)101)23-15-31-116-117-32-26-66(96)82-27-13-19-51-42-92(74-71(51)73(80)85-44-86-74)68-41-63(94)64(110-68)43-109-114-112-115-111-113-108/h8-9,12,17-18,20-21,33-36,38,42,44-45,57-59,61-64,68,72,94,108,113-115H,6-7,10-11,14-16,22-32,37,39-41,43H2,1-5H3,(H,82,96)(H,83,95)(H,84,102)(H,87,93)(H,88,97)(H,89,103)(H,90,104)(H,98,99)(H,100,101)(H,106,107)(H2,80,85,86)/t57?,58?,59?,61?,62?,63?,64-,68-,72?/m1/s1. The number of allylic oxidation sites excluding steroid dienone is 4. The van der Waals surface area contributed by atoms with Crippen LogP contribution in [0.25, 0.3) is 11.0 Å². The number of carbonyl (C=O) groups excluding carboxylic acids is 8. The molecule has 0 bridgehead atoms. The van der Waals surface area contributed by atoms with Crippen molar-refractivity contribution in [3.05, 3.63) is 147 Å². The highest BCUT2D eigenvalue weighted by atomic mass is 33.1. The number of anilines is 1. The molecule has 3 aliphatic rings. The summed E-state index contributed by atoms with van der Waals surface area (Å²) in [5, 5.41) is 57.7. The summed E-state index contributed by atoms with van der Waals surface area (Å²) in [5.74, 6) is -1.57. The third kappa shape index (κ3) is 28.2. The summed E-state index contributed by atoms with van der Waals surface area (Å²) in [6.45, 7) is 9.61. The number of nitrogens with zero attached hydrogens (tertiary/aromatic N) is 5. The summed E-state index contributed by atoms with van der Waals surface area (Å²) in [4.78, 5) is 165. The van der Waals surface area contributed by atoms with Gasteiger partial charge in [-0.15, -0.1) is 0 Å². The molecular weight excluding hydrogens is 1610 g/mol. The number of amides is 8. The molecule has 1 saturated heterocycles. The molecule has 1 aliphatic heterocycles. The molecule has 2 aliphatic carbocycles. The van der Waals surface area contributed by atoms with Gasteiger partial charge in [-0.25, -0.2) is 14.8 Å². The van der Waals surface area contributed by atoms with Gasteiger partial charge in [0.1, 0.15) is 42.2 Å². The van der Waals surface area contributed by atoms with E-state index in [1.807, 2.05) is 30.4 Å². The van der Waals surface area contributed by atoms with E-state index in [1.165, 1.54) is 80.0 Å². The van der Waals surface area contributed by atoms with Crippen LogP contribution in [0.4, 0.5) is 5.82 Å². The van der Waals surface area contributed by atoms with Gasteiger partial charge in [0.2, 0.25) is 30.0 Å². The summed E-state index contributed by atoms with van der Waals surface area (Å²) in [5.41, 5.74) is 17.4. The summed E-state index contributed by atoms with van der Waals surface area (Å²) in [6.07, 6.45) is 8.54. The number of nitrogens with two attached hydrogens (primary N) is 1. The van der Waals surface area contributed by atoms with E-state index in [2.05, 4.69) is 105 Å². The van der Waals surface area contributed by atoms with Crippen molar-refractivity contribution in [3.8, 4) is 11.8 Å². The van der Waals surface area contributed by atoms with Gasteiger partial charge in [0, 0.05) is 117 Å². The predicted octanol–water partition coefficient (Wildman–Crippen LogP) is 7.04. The molecule has 117 heavy (non-hydrogen) atoms. The lowest BCUT2D eigenvalue weighted by atomic mass is 9.65. The zero-order chi connectivity index (χ0) is 84.5. The minimum Gasteiger partial charge on any atom is -0.481 e. The minimum absolute atomic E-state index is 0.00591. The number of aryl methyl sites for hydroxylation is 2. The molecule has 38 heteroatoms. The molecule has 2 aromatic heterocycles. The number of rotatable bonds is 48.